The molecule has 7 aromatic carbocycles. The van der Waals surface area contributed by atoms with Gasteiger partial charge in [0.25, 0.3) is 0 Å². The molecule has 0 spiro atoms. The van der Waals surface area contributed by atoms with E-state index in [0.717, 1.165) is 77.5 Å². The van der Waals surface area contributed by atoms with Crippen molar-refractivity contribution in [3.05, 3.63) is 251 Å². The van der Waals surface area contributed by atoms with Crippen LogP contribution in [0.2, 0.25) is 0 Å². The van der Waals surface area contributed by atoms with Gasteiger partial charge in [-0.1, -0.05) is 329 Å². The third-order valence-electron chi connectivity index (χ3n) is 18.9. The summed E-state index contributed by atoms with van der Waals surface area (Å²) >= 11 is 0. The average molecular weight is 1410 g/mol. The van der Waals surface area contributed by atoms with Gasteiger partial charge in [-0.05, 0) is 51.8 Å². The third kappa shape index (κ3) is 29.8. The molecule has 0 bridgehead atoms. The summed E-state index contributed by atoms with van der Waals surface area (Å²) in [7, 11) is 0. The van der Waals surface area contributed by atoms with Crippen LogP contribution in [0.15, 0.2) is 212 Å². The maximum Gasteiger partial charge on any atom is 0.306 e. The highest BCUT2D eigenvalue weighted by atomic mass is 16.8. The van der Waals surface area contributed by atoms with Crippen molar-refractivity contribution in [2.75, 3.05) is 26.4 Å². The molecule has 556 valence electrons. The van der Waals surface area contributed by atoms with E-state index in [1.54, 1.807) is 0 Å². The molecule has 0 aliphatic carbocycles. The SMILES string of the molecule is CCCCCCCCCCCC(=O)OC[C@@H](CO[C@@H]1O[C@H](CO[C@H]2O[C@H](COCc3ccccc3)[C@H](OCc3ccccc3)[C@H](OCc3ccccc3)[C@H]2OCc2ccccc2)[C@H](OCc2ccccc2)[C@H](OCc2ccccc2)[C@H]1OCc1ccccc1)OC(=O)CCCCCCCCCCC. The molecule has 0 amide bonds. The van der Waals surface area contributed by atoms with Crippen molar-refractivity contribution in [1.82, 2.24) is 0 Å². The summed E-state index contributed by atoms with van der Waals surface area (Å²) in [5.41, 5.74) is 6.62. The van der Waals surface area contributed by atoms with E-state index in [4.69, 9.17) is 61.6 Å². The van der Waals surface area contributed by atoms with Gasteiger partial charge >= 0.3 is 11.9 Å². The molecule has 9 rings (SSSR count). The van der Waals surface area contributed by atoms with Crippen LogP contribution >= 0.6 is 0 Å². The van der Waals surface area contributed by atoms with Crippen LogP contribution in [0.1, 0.15) is 181 Å². The van der Waals surface area contributed by atoms with Crippen molar-refractivity contribution in [2.24, 2.45) is 0 Å². The summed E-state index contributed by atoms with van der Waals surface area (Å²) in [6.07, 6.45) is 10.3. The maximum atomic E-state index is 14.0. The molecule has 0 radical (unpaired) electrons. The molecule has 11 atom stereocenters. The van der Waals surface area contributed by atoms with Gasteiger partial charge in [-0.15, -0.1) is 0 Å². The first-order valence-electron chi connectivity index (χ1n) is 38.3. The number of carbonyl (C=O) groups excluding carboxylic acids is 2. The molecule has 2 aliphatic rings. The van der Waals surface area contributed by atoms with Gasteiger partial charge in [0.1, 0.15) is 55.4 Å². The summed E-state index contributed by atoms with van der Waals surface area (Å²) in [4.78, 5) is 27.6. The van der Waals surface area contributed by atoms with E-state index in [9.17, 15) is 9.59 Å². The van der Waals surface area contributed by atoms with E-state index in [1.807, 2.05) is 212 Å². The van der Waals surface area contributed by atoms with Crippen LogP contribution in [0.3, 0.4) is 0 Å². The van der Waals surface area contributed by atoms with Crippen molar-refractivity contribution < 1.29 is 71.2 Å². The second-order valence-corrected chi connectivity index (χ2v) is 27.3. The zero-order valence-corrected chi connectivity index (χ0v) is 61.1. The van der Waals surface area contributed by atoms with Crippen LogP contribution in [-0.4, -0.2) is 106 Å². The van der Waals surface area contributed by atoms with E-state index >= 15 is 0 Å². The Morgan fingerprint density at radius 1 is 0.301 bits per heavy atom. The zero-order chi connectivity index (χ0) is 71.4. The van der Waals surface area contributed by atoms with Crippen LogP contribution in [-0.2, 0) is 117 Å². The highest BCUT2D eigenvalue weighted by molar-refractivity contribution is 5.70. The molecule has 103 heavy (non-hydrogen) atoms. The predicted molar refractivity (Wildman–Crippen MR) is 400 cm³/mol. The normalized spacial score (nSPS) is 20.7. The number of esters is 2. The topological polar surface area (TPSA) is 154 Å². The van der Waals surface area contributed by atoms with Crippen molar-refractivity contribution >= 4 is 11.9 Å². The minimum absolute atomic E-state index is 0.110. The van der Waals surface area contributed by atoms with Gasteiger partial charge in [-0.2, -0.15) is 0 Å². The highest BCUT2D eigenvalue weighted by Gasteiger charge is 2.53. The molecule has 2 fully saturated rings. The highest BCUT2D eigenvalue weighted by Crippen LogP contribution is 2.36. The fourth-order valence-corrected chi connectivity index (χ4v) is 13.1. The monoisotopic (exact) mass is 1410 g/mol. The van der Waals surface area contributed by atoms with Crippen molar-refractivity contribution in [3.63, 3.8) is 0 Å². The molecule has 0 aromatic heterocycles. The molecule has 2 aliphatic heterocycles. The number of benzene rings is 7. The summed E-state index contributed by atoms with van der Waals surface area (Å²) in [5.74, 6) is -0.745. The molecule has 15 nitrogen and oxygen atoms in total. The van der Waals surface area contributed by atoms with Crippen LogP contribution in [0, 0.1) is 0 Å². The number of rotatable bonds is 51. The molecule has 0 N–H and O–H groups in total. The van der Waals surface area contributed by atoms with Gasteiger partial charge in [0, 0.05) is 12.8 Å². The third-order valence-corrected chi connectivity index (χ3v) is 18.9. The van der Waals surface area contributed by atoms with Gasteiger partial charge in [0.15, 0.2) is 18.7 Å². The van der Waals surface area contributed by atoms with E-state index in [-0.39, 0.29) is 84.9 Å². The van der Waals surface area contributed by atoms with Crippen molar-refractivity contribution in [1.29, 1.82) is 0 Å². The molecular weight excluding hydrogens is 1300 g/mol. The van der Waals surface area contributed by atoms with Gasteiger partial charge in [0.05, 0.1) is 66.1 Å². The molecule has 2 saturated heterocycles. The number of ether oxygens (including phenoxy) is 13. The Morgan fingerprint density at radius 2 is 0.592 bits per heavy atom. The Morgan fingerprint density at radius 3 is 0.951 bits per heavy atom. The fraction of sp³-hybridized carbons (Fsp3) is 0.500. The largest absolute Gasteiger partial charge is 0.462 e. The standard InChI is InChI=1S/C88H114O15/c1-3-5-7-9-11-13-15-17-40-56-79(89)92-65-76(101-80(90)57-41-18-16-14-12-10-8-6-4-2)66-99-87-85(97-63-74-52-36-24-37-53-74)84(96-62-73-50-34-23-35-51-73)82(94-60-71-46-30-21-31-47-71)78(103-87)68-100-88-86(98-64-75-54-38-25-39-55-75)83(95-61-72-48-32-22-33-49-72)81(93-59-70-44-28-20-29-45-70)77(102-88)67-91-58-69-42-26-19-27-43-69/h19-39,42-55,76-78,81-88H,3-18,40-41,56-68H2,1-2H3/t76-,77+,78+,81-,82-,83-,84-,85+,86+,87+,88-/m0/s1. The van der Waals surface area contributed by atoms with Gasteiger partial charge in [-0.25, -0.2) is 0 Å². The minimum atomic E-state index is -1.21. The van der Waals surface area contributed by atoms with Gasteiger partial charge in [0.2, 0.25) is 0 Å². The van der Waals surface area contributed by atoms with Crippen molar-refractivity contribution in [3.8, 4) is 0 Å². The summed E-state index contributed by atoms with van der Waals surface area (Å²) < 4.78 is 90.5. The van der Waals surface area contributed by atoms with Gasteiger partial charge in [-0.3, -0.25) is 9.59 Å². The second kappa shape index (κ2) is 48.2. The Kier molecular flexibility index (Phi) is 37.5. The average Bonchev–Trinajstić information content (AvgIpc) is 0.785. The summed E-state index contributed by atoms with van der Waals surface area (Å²) in [6, 6.07) is 69.9. The Balaban J connectivity index is 1.04. The molecule has 0 saturated carbocycles. The Bertz CT molecular complexity index is 3280. The number of hydrogen-bond donors (Lipinski definition) is 0. The molecule has 7 aromatic rings. The lowest BCUT2D eigenvalue weighted by atomic mass is 9.96. The lowest BCUT2D eigenvalue weighted by Gasteiger charge is -2.48. The Labute approximate surface area is 613 Å². The quantitative estimate of drug-likeness (QED) is 0.0262. The van der Waals surface area contributed by atoms with E-state index < -0.39 is 73.5 Å². The van der Waals surface area contributed by atoms with E-state index in [2.05, 4.69) is 13.8 Å². The van der Waals surface area contributed by atoms with Gasteiger partial charge < -0.3 is 61.6 Å². The number of carbonyl (C=O) groups is 2. The van der Waals surface area contributed by atoms with E-state index in [0.29, 0.717) is 19.4 Å². The first kappa shape index (κ1) is 80.1. The lowest BCUT2D eigenvalue weighted by molar-refractivity contribution is -0.354. The number of hydrogen-bond acceptors (Lipinski definition) is 15. The fourth-order valence-electron chi connectivity index (χ4n) is 13.1. The first-order valence-corrected chi connectivity index (χ1v) is 38.3. The van der Waals surface area contributed by atoms with Crippen LogP contribution in [0.25, 0.3) is 0 Å². The van der Waals surface area contributed by atoms with E-state index in [1.165, 1.54) is 64.2 Å². The maximum absolute atomic E-state index is 14.0. The van der Waals surface area contributed by atoms with Crippen LogP contribution in [0.5, 0.6) is 0 Å². The lowest BCUT2D eigenvalue weighted by Crippen LogP contribution is -2.64. The van der Waals surface area contributed by atoms with Crippen LogP contribution in [0.4, 0.5) is 0 Å². The molecule has 15 heteroatoms. The summed E-state index contributed by atoms with van der Waals surface area (Å²) in [6.45, 7) is 5.48. The first-order chi connectivity index (χ1) is 50.9. The predicted octanol–water partition coefficient (Wildman–Crippen LogP) is 18.5. The minimum Gasteiger partial charge on any atom is -0.462 e. The summed E-state index contributed by atoms with van der Waals surface area (Å²) in [5, 5.41) is 0. The molecular formula is C88H114O15. The second-order valence-electron chi connectivity index (χ2n) is 27.3. The van der Waals surface area contributed by atoms with Crippen molar-refractivity contribution in [2.45, 2.75) is 256 Å². The Hall–Kier alpha value is -6.96. The zero-order valence-electron chi connectivity index (χ0n) is 61.1. The smallest absolute Gasteiger partial charge is 0.306 e. The number of unbranched alkanes of at least 4 members (excludes halogenated alkanes) is 16. The van der Waals surface area contributed by atoms with Crippen LogP contribution < -0.4 is 0 Å². The molecule has 2 heterocycles. The molecule has 0 unspecified atom stereocenters.